The first kappa shape index (κ1) is 19.5. The maximum Gasteiger partial charge on any atom is 0.407 e. The van der Waals surface area contributed by atoms with Gasteiger partial charge in [0.2, 0.25) is 0 Å². The molecule has 0 aromatic heterocycles. The van der Waals surface area contributed by atoms with Crippen molar-refractivity contribution < 1.29 is 14.0 Å². The van der Waals surface area contributed by atoms with Crippen LogP contribution >= 0.6 is 0 Å². The molecule has 0 saturated carbocycles. The molecule has 1 aliphatic rings. The largest absolute Gasteiger partial charge is 0.444 e. The molecule has 1 aliphatic heterocycles. The first-order valence-corrected chi connectivity index (χ1v) is 11.1. The summed E-state index contributed by atoms with van der Waals surface area (Å²) in [6.45, 7) is 18.5. The Kier molecular flexibility index (Phi) is 6.09. The number of ether oxygens (including phenoxy) is 1. The lowest BCUT2D eigenvalue weighted by atomic mass is 10.1. The average molecular weight is 331 g/mol. The lowest BCUT2D eigenvalue weighted by Gasteiger charge is -2.41. The SMILES string of the molecule is CC(C)(C)OC(=O)N[C@@H]1CNC[C@H](O[Si](C)(C)C(C)(C)C)C1. The van der Waals surface area contributed by atoms with Gasteiger partial charge in [0.1, 0.15) is 5.60 Å². The van der Waals surface area contributed by atoms with Gasteiger partial charge in [-0.1, -0.05) is 20.8 Å². The summed E-state index contributed by atoms with van der Waals surface area (Å²) in [5.41, 5.74) is -0.469. The van der Waals surface area contributed by atoms with Crippen LogP contribution in [0.2, 0.25) is 18.1 Å². The van der Waals surface area contributed by atoms with E-state index in [9.17, 15) is 4.79 Å². The van der Waals surface area contributed by atoms with Crippen molar-refractivity contribution in [1.82, 2.24) is 10.6 Å². The van der Waals surface area contributed by atoms with Gasteiger partial charge >= 0.3 is 6.09 Å². The molecule has 6 heteroatoms. The zero-order chi connectivity index (χ0) is 17.2. The summed E-state index contributed by atoms with van der Waals surface area (Å²) in [6.07, 6.45) is 0.625. The van der Waals surface area contributed by atoms with Crippen molar-refractivity contribution in [3.05, 3.63) is 0 Å². The van der Waals surface area contributed by atoms with E-state index in [0.717, 1.165) is 19.5 Å². The zero-order valence-electron chi connectivity index (χ0n) is 15.5. The van der Waals surface area contributed by atoms with Crippen LogP contribution in [0.4, 0.5) is 4.79 Å². The van der Waals surface area contributed by atoms with Crippen LogP contribution in [0.3, 0.4) is 0 Å². The molecular weight excluding hydrogens is 296 g/mol. The summed E-state index contributed by atoms with van der Waals surface area (Å²) in [7, 11) is -1.78. The molecule has 0 aromatic carbocycles. The number of carbonyl (C=O) groups excluding carboxylic acids is 1. The third-order valence-electron chi connectivity index (χ3n) is 4.30. The molecule has 1 fully saturated rings. The molecule has 0 bridgehead atoms. The molecule has 130 valence electrons. The Hall–Kier alpha value is -0.593. The molecule has 0 spiro atoms. The Morgan fingerprint density at radius 2 is 1.73 bits per heavy atom. The maximum absolute atomic E-state index is 11.9. The second kappa shape index (κ2) is 6.89. The first-order valence-electron chi connectivity index (χ1n) is 8.18. The number of alkyl carbamates (subject to hydrolysis) is 1. The molecule has 2 N–H and O–H groups in total. The summed E-state index contributed by atoms with van der Waals surface area (Å²) >= 11 is 0. The molecule has 5 nitrogen and oxygen atoms in total. The summed E-state index contributed by atoms with van der Waals surface area (Å²) in [6, 6.07) is 0.0540. The highest BCUT2D eigenvalue weighted by Gasteiger charge is 2.40. The standard InChI is InChI=1S/C16H34N2O3Si/c1-15(2,3)20-14(19)18-12-9-13(11-17-10-12)21-22(7,8)16(4,5)6/h12-13,17H,9-11H2,1-8H3,(H,18,19)/t12-,13+/m0/s1. The van der Waals surface area contributed by atoms with Crippen LogP contribution in [0, 0.1) is 0 Å². The van der Waals surface area contributed by atoms with Crippen molar-refractivity contribution in [3.8, 4) is 0 Å². The first-order chi connectivity index (χ1) is 9.80. The second-order valence-electron chi connectivity index (χ2n) is 8.74. The summed E-state index contributed by atoms with van der Waals surface area (Å²) in [5.74, 6) is 0. The minimum absolute atomic E-state index is 0.0540. The lowest BCUT2D eigenvalue weighted by Crippen LogP contribution is -2.55. The number of carbonyl (C=O) groups is 1. The molecule has 2 atom stereocenters. The molecule has 0 aromatic rings. The number of rotatable bonds is 3. The molecule has 1 rings (SSSR count). The minimum atomic E-state index is -1.78. The Labute approximate surface area is 136 Å². The van der Waals surface area contributed by atoms with Gasteiger partial charge in [0.05, 0.1) is 6.10 Å². The van der Waals surface area contributed by atoms with Crippen molar-refractivity contribution in [2.75, 3.05) is 13.1 Å². The highest BCUT2D eigenvalue weighted by Crippen LogP contribution is 2.37. The highest BCUT2D eigenvalue weighted by atomic mass is 28.4. The lowest BCUT2D eigenvalue weighted by molar-refractivity contribution is 0.0468. The van der Waals surface area contributed by atoms with Gasteiger partial charge in [0.25, 0.3) is 0 Å². The number of hydrogen-bond donors (Lipinski definition) is 2. The van der Waals surface area contributed by atoms with Gasteiger partial charge in [0.15, 0.2) is 8.32 Å². The predicted octanol–water partition coefficient (Wildman–Crippen LogP) is 3.26. The van der Waals surface area contributed by atoms with Crippen molar-refractivity contribution >= 4 is 14.4 Å². The summed E-state index contributed by atoms with van der Waals surface area (Å²) < 4.78 is 11.8. The fourth-order valence-corrected chi connectivity index (χ4v) is 3.54. The van der Waals surface area contributed by atoms with Crippen LogP contribution in [-0.4, -0.2) is 45.2 Å². The highest BCUT2D eigenvalue weighted by molar-refractivity contribution is 6.74. The summed E-state index contributed by atoms with van der Waals surface area (Å²) in [5, 5.41) is 6.49. The smallest absolute Gasteiger partial charge is 0.407 e. The average Bonchev–Trinajstić information content (AvgIpc) is 2.23. The van der Waals surface area contributed by atoms with E-state index < -0.39 is 13.9 Å². The van der Waals surface area contributed by atoms with Crippen LogP contribution < -0.4 is 10.6 Å². The Bertz CT molecular complexity index is 386. The van der Waals surface area contributed by atoms with Crippen LogP contribution in [0.15, 0.2) is 0 Å². The van der Waals surface area contributed by atoms with E-state index in [4.69, 9.17) is 9.16 Å². The Morgan fingerprint density at radius 1 is 1.14 bits per heavy atom. The third-order valence-corrected chi connectivity index (χ3v) is 8.83. The number of piperidine rings is 1. The second-order valence-corrected chi connectivity index (χ2v) is 13.5. The molecule has 0 radical (unpaired) electrons. The molecule has 0 unspecified atom stereocenters. The number of hydrogen-bond acceptors (Lipinski definition) is 4. The van der Waals surface area contributed by atoms with E-state index in [1.807, 2.05) is 20.8 Å². The Morgan fingerprint density at radius 3 is 2.23 bits per heavy atom. The zero-order valence-corrected chi connectivity index (χ0v) is 16.5. The van der Waals surface area contributed by atoms with Crippen LogP contribution in [0.1, 0.15) is 48.0 Å². The van der Waals surface area contributed by atoms with Crippen molar-refractivity contribution in [3.63, 3.8) is 0 Å². The van der Waals surface area contributed by atoms with Gasteiger partial charge in [0, 0.05) is 19.1 Å². The monoisotopic (exact) mass is 330 g/mol. The normalized spacial score (nSPS) is 24.0. The van der Waals surface area contributed by atoms with E-state index in [2.05, 4.69) is 44.5 Å². The molecule has 1 saturated heterocycles. The number of amides is 1. The van der Waals surface area contributed by atoms with Gasteiger partial charge in [-0.25, -0.2) is 4.79 Å². The van der Waals surface area contributed by atoms with Gasteiger partial charge in [-0.05, 0) is 45.3 Å². The van der Waals surface area contributed by atoms with Crippen LogP contribution in [-0.2, 0) is 9.16 Å². The maximum atomic E-state index is 11.9. The van der Waals surface area contributed by atoms with E-state index in [1.54, 1.807) is 0 Å². The fourth-order valence-electron chi connectivity index (χ4n) is 2.17. The Balaban J connectivity index is 2.53. The molecule has 22 heavy (non-hydrogen) atoms. The quantitative estimate of drug-likeness (QED) is 0.780. The molecule has 0 aliphatic carbocycles. The third kappa shape index (κ3) is 6.26. The topological polar surface area (TPSA) is 59.6 Å². The van der Waals surface area contributed by atoms with Crippen LogP contribution in [0.25, 0.3) is 0 Å². The van der Waals surface area contributed by atoms with Crippen molar-refractivity contribution in [2.45, 2.75) is 83.8 Å². The van der Waals surface area contributed by atoms with Gasteiger partial charge in [-0.3, -0.25) is 0 Å². The van der Waals surface area contributed by atoms with E-state index in [1.165, 1.54) is 0 Å². The van der Waals surface area contributed by atoms with Crippen LogP contribution in [0.5, 0.6) is 0 Å². The van der Waals surface area contributed by atoms with Gasteiger partial charge < -0.3 is 19.8 Å². The van der Waals surface area contributed by atoms with E-state index in [0.29, 0.717) is 0 Å². The molecule has 1 amide bonds. The van der Waals surface area contributed by atoms with Crippen molar-refractivity contribution in [1.29, 1.82) is 0 Å². The number of nitrogens with one attached hydrogen (secondary N) is 2. The van der Waals surface area contributed by atoms with Gasteiger partial charge in [-0.15, -0.1) is 0 Å². The molecule has 1 heterocycles. The fraction of sp³-hybridized carbons (Fsp3) is 0.938. The molecular formula is C16H34N2O3Si. The predicted molar refractivity (Wildman–Crippen MR) is 92.7 cm³/mol. The summed E-state index contributed by atoms with van der Waals surface area (Å²) in [4.78, 5) is 11.9. The van der Waals surface area contributed by atoms with Crippen molar-refractivity contribution in [2.24, 2.45) is 0 Å². The minimum Gasteiger partial charge on any atom is -0.444 e. The van der Waals surface area contributed by atoms with Gasteiger partial charge in [-0.2, -0.15) is 0 Å². The van der Waals surface area contributed by atoms with E-state index in [-0.39, 0.29) is 23.3 Å². The van der Waals surface area contributed by atoms with E-state index >= 15 is 0 Å².